The fourth-order valence-corrected chi connectivity index (χ4v) is 5.10. The average molecular weight is 536 g/mol. The quantitative estimate of drug-likeness (QED) is 0.429. The summed E-state index contributed by atoms with van der Waals surface area (Å²) in [5.41, 5.74) is -0.280. The number of halogens is 3. The van der Waals surface area contributed by atoms with Crippen LogP contribution in [-0.4, -0.2) is 51.1 Å². The zero-order chi connectivity index (χ0) is 26.2. The van der Waals surface area contributed by atoms with E-state index >= 15 is 0 Å². The molecular weight excluding hydrogens is 519 g/mol. The normalized spacial score (nSPS) is 17.6. The number of rotatable bonds is 6. The number of carbonyl (C=O) groups is 4. The standard InChI is InChI=1S/C23H16F3N3O5S2/c24-23(25,26)12-4-3-5-13(10-12)27-16(30)11-29-15-7-2-1-6-14(15)18(20(29)33)19-21(34)28(22(35)36-19)9-8-17(31)32/h1-7,10H,8-9,11H2,(H,27,30)(H,31,32). The van der Waals surface area contributed by atoms with Gasteiger partial charge in [-0.15, -0.1) is 0 Å². The molecule has 2 aliphatic heterocycles. The van der Waals surface area contributed by atoms with E-state index in [1.807, 2.05) is 0 Å². The SMILES string of the molecule is O=C(O)CCN1C(=O)C(=C2C(=O)N(CC(=O)Nc3cccc(C(F)(F)F)c3)c3ccccc32)SC1=S. The Hall–Kier alpha value is -3.71. The Morgan fingerprint density at radius 1 is 1.03 bits per heavy atom. The van der Waals surface area contributed by atoms with E-state index < -0.39 is 42.0 Å². The molecule has 36 heavy (non-hydrogen) atoms. The van der Waals surface area contributed by atoms with E-state index in [1.54, 1.807) is 24.3 Å². The molecule has 2 aromatic rings. The first-order valence-electron chi connectivity index (χ1n) is 10.4. The van der Waals surface area contributed by atoms with E-state index in [9.17, 15) is 32.3 Å². The molecule has 0 aromatic heterocycles. The first-order valence-corrected chi connectivity index (χ1v) is 11.6. The van der Waals surface area contributed by atoms with Crippen LogP contribution in [0.3, 0.4) is 0 Å². The number of thiocarbonyl (C=S) groups is 1. The second-order valence-corrected chi connectivity index (χ2v) is 9.35. The van der Waals surface area contributed by atoms with Gasteiger partial charge in [0.2, 0.25) is 5.91 Å². The number of carboxylic acids is 1. The van der Waals surface area contributed by atoms with E-state index in [-0.39, 0.29) is 33.5 Å². The molecule has 0 bridgehead atoms. The van der Waals surface area contributed by atoms with Crippen LogP contribution in [-0.2, 0) is 25.4 Å². The third-order valence-corrected chi connectivity index (χ3v) is 6.77. The molecule has 2 heterocycles. The van der Waals surface area contributed by atoms with Gasteiger partial charge in [0.25, 0.3) is 11.8 Å². The van der Waals surface area contributed by atoms with E-state index in [0.29, 0.717) is 11.3 Å². The molecule has 4 rings (SSSR count). The second-order valence-electron chi connectivity index (χ2n) is 7.71. The highest BCUT2D eigenvalue weighted by atomic mass is 32.2. The van der Waals surface area contributed by atoms with Crippen molar-refractivity contribution in [1.82, 2.24) is 4.90 Å². The predicted molar refractivity (Wildman–Crippen MR) is 130 cm³/mol. The number of fused-ring (bicyclic) bond motifs is 1. The number of nitrogens with zero attached hydrogens (tertiary/aromatic N) is 2. The molecule has 8 nitrogen and oxygen atoms in total. The lowest BCUT2D eigenvalue weighted by Crippen LogP contribution is -2.35. The van der Waals surface area contributed by atoms with Crippen LogP contribution in [0.2, 0.25) is 0 Å². The number of carboxylic acid groups (broad SMARTS) is 1. The van der Waals surface area contributed by atoms with Crippen LogP contribution >= 0.6 is 24.0 Å². The molecule has 2 N–H and O–H groups in total. The Morgan fingerprint density at radius 3 is 2.44 bits per heavy atom. The van der Waals surface area contributed by atoms with Crippen LogP contribution in [0.15, 0.2) is 53.4 Å². The lowest BCUT2D eigenvalue weighted by molar-refractivity contribution is -0.138. The minimum atomic E-state index is -4.59. The summed E-state index contributed by atoms with van der Waals surface area (Å²) < 4.78 is 39.0. The van der Waals surface area contributed by atoms with Gasteiger partial charge >= 0.3 is 12.1 Å². The highest BCUT2D eigenvalue weighted by Gasteiger charge is 2.42. The molecule has 0 radical (unpaired) electrons. The number of thioether (sulfide) groups is 1. The fraction of sp³-hybridized carbons (Fsp3) is 0.174. The first kappa shape index (κ1) is 25.4. The molecular formula is C23H16F3N3O5S2. The Kier molecular flexibility index (Phi) is 6.87. The van der Waals surface area contributed by atoms with Gasteiger partial charge in [0.1, 0.15) is 10.9 Å². The van der Waals surface area contributed by atoms with Crippen molar-refractivity contribution in [2.75, 3.05) is 23.3 Å². The van der Waals surface area contributed by atoms with Crippen molar-refractivity contribution < 1.29 is 37.5 Å². The largest absolute Gasteiger partial charge is 0.481 e. The van der Waals surface area contributed by atoms with Crippen molar-refractivity contribution in [3.63, 3.8) is 0 Å². The third kappa shape index (κ3) is 4.97. The topological polar surface area (TPSA) is 107 Å². The zero-order valence-electron chi connectivity index (χ0n) is 18.2. The number of anilines is 2. The number of nitrogens with one attached hydrogen (secondary N) is 1. The molecule has 3 amide bonds. The lowest BCUT2D eigenvalue weighted by Gasteiger charge is -2.17. The van der Waals surface area contributed by atoms with Crippen LogP contribution in [0.5, 0.6) is 0 Å². The summed E-state index contributed by atoms with van der Waals surface area (Å²) >= 11 is 6.07. The van der Waals surface area contributed by atoms with Crippen molar-refractivity contribution in [3.05, 3.63) is 64.6 Å². The maximum Gasteiger partial charge on any atom is 0.416 e. The van der Waals surface area contributed by atoms with E-state index in [2.05, 4.69) is 5.32 Å². The van der Waals surface area contributed by atoms with Crippen LogP contribution < -0.4 is 10.2 Å². The maximum atomic E-state index is 13.4. The van der Waals surface area contributed by atoms with Crippen molar-refractivity contribution in [2.45, 2.75) is 12.6 Å². The Morgan fingerprint density at radius 2 is 1.75 bits per heavy atom. The van der Waals surface area contributed by atoms with Gasteiger partial charge in [0.15, 0.2) is 0 Å². The minimum absolute atomic E-state index is 0.0172. The molecule has 0 saturated carbocycles. The van der Waals surface area contributed by atoms with Gasteiger partial charge < -0.3 is 10.4 Å². The summed E-state index contributed by atoms with van der Waals surface area (Å²) in [6, 6.07) is 10.5. The Labute approximate surface area is 211 Å². The Bertz CT molecular complexity index is 1340. The number of benzene rings is 2. The minimum Gasteiger partial charge on any atom is -0.481 e. The molecule has 13 heteroatoms. The van der Waals surface area contributed by atoms with Gasteiger partial charge in [-0.1, -0.05) is 48.2 Å². The number of hydrogen-bond donors (Lipinski definition) is 2. The monoisotopic (exact) mass is 535 g/mol. The number of hydrogen-bond acceptors (Lipinski definition) is 6. The van der Waals surface area contributed by atoms with Crippen molar-refractivity contribution in [2.24, 2.45) is 0 Å². The van der Waals surface area contributed by atoms with Gasteiger partial charge in [-0.2, -0.15) is 13.2 Å². The van der Waals surface area contributed by atoms with Gasteiger partial charge in [0, 0.05) is 17.8 Å². The van der Waals surface area contributed by atoms with Crippen molar-refractivity contribution >= 4 is 68.9 Å². The highest BCUT2D eigenvalue weighted by molar-refractivity contribution is 8.26. The van der Waals surface area contributed by atoms with Crippen LogP contribution in [0, 0.1) is 0 Å². The number of para-hydroxylation sites is 1. The first-order chi connectivity index (χ1) is 17.0. The molecule has 2 aliphatic rings. The number of aliphatic carboxylic acids is 1. The molecule has 0 unspecified atom stereocenters. The predicted octanol–water partition coefficient (Wildman–Crippen LogP) is 3.74. The molecule has 0 atom stereocenters. The zero-order valence-corrected chi connectivity index (χ0v) is 19.8. The fourth-order valence-electron chi connectivity index (χ4n) is 3.72. The Balaban J connectivity index is 1.60. The number of alkyl halides is 3. The number of carbonyl (C=O) groups excluding carboxylic acids is 3. The molecule has 186 valence electrons. The second kappa shape index (κ2) is 9.74. The van der Waals surface area contributed by atoms with Crippen LogP contribution in [0.25, 0.3) is 5.57 Å². The summed E-state index contributed by atoms with van der Waals surface area (Å²) in [6.07, 6.45) is -4.92. The van der Waals surface area contributed by atoms with Gasteiger partial charge in [-0.3, -0.25) is 29.0 Å². The van der Waals surface area contributed by atoms with E-state index in [4.69, 9.17) is 17.3 Å². The highest BCUT2D eigenvalue weighted by Crippen LogP contribution is 2.44. The van der Waals surface area contributed by atoms with Crippen molar-refractivity contribution in [3.8, 4) is 0 Å². The summed E-state index contributed by atoms with van der Waals surface area (Å²) in [6.45, 7) is -0.676. The smallest absolute Gasteiger partial charge is 0.416 e. The summed E-state index contributed by atoms with van der Waals surface area (Å²) in [5.74, 6) is -3.13. The molecule has 0 aliphatic carbocycles. The number of amides is 3. The molecule has 0 spiro atoms. The van der Waals surface area contributed by atoms with Crippen molar-refractivity contribution in [1.29, 1.82) is 0 Å². The summed E-state index contributed by atoms with van der Waals surface area (Å²) in [5, 5.41) is 11.3. The van der Waals surface area contributed by atoms with Gasteiger partial charge in [-0.25, -0.2) is 0 Å². The van der Waals surface area contributed by atoms with E-state index in [0.717, 1.165) is 39.8 Å². The summed E-state index contributed by atoms with van der Waals surface area (Å²) in [4.78, 5) is 52.2. The average Bonchev–Trinajstić information content (AvgIpc) is 3.24. The van der Waals surface area contributed by atoms with Gasteiger partial charge in [0.05, 0.1) is 28.1 Å². The lowest BCUT2D eigenvalue weighted by atomic mass is 10.1. The molecule has 2 aromatic carbocycles. The molecule has 1 fully saturated rings. The van der Waals surface area contributed by atoms with Crippen LogP contribution in [0.1, 0.15) is 17.5 Å². The van der Waals surface area contributed by atoms with Crippen LogP contribution in [0.4, 0.5) is 24.5 Å². The van der Waals surface area contributed by atoms with Gasteiger partial charge in [-0.05, 0) is 24.3 Å². The summed E-state index contributed by atoms with van der Waals surface area (Å²) in [7, 11) is 0. The van der Waals surface area contributed by atoms with E-state index in [1.165, 1.54) is 6.07 Å². The third-order valence-electron chi connectivity index (χ3n) is 5.32. The maximum absolute atomic E-state index is 13.4. The molecule has 1 saturated heterocycles.